The Labute approximate surface area is 97.0 Å². The third-order valence-corrected chi connectivity index (χ3v) is 2.87. The molecule has 6 heteroatoms. The lowest BCUT2D eigenvalue weighted by Crippen LogP contribution is -2.40. The average molecular weight is 246 g/mol. The molecule has 0 saturated heterocycles. The molecular formula is C11H13F3N2O. The SMILES string of the molecule is COC1CC(Nc2ccc(C(F)(F)F)cn2)C1. The third-order valence-electron chi connectivity index (χ3n) is 2.87. The van der Waals surface area contributed by atoms with Crippen LogP contribution < -0.4 is 5.32 Å². The van der Waals surface area contributed by atoms with E-state index in [1.54, 1.807) is 7.11 Å². The Kier molecular flexibility index (Phi) is 3.24. The van der Waals surface area contributed by atoms with Crippen molar-refractivity contribution in [1.29, 1.82) is 0 Å². The lowest BCUT2D eigenvalue weighted by molar-refractivity contribution is -0.137. The van der Waals surface area contributed by atoms with E-state index in [1.165, 1.54) is 6.07 Å². The van der Waals surface area contributed by atoms with Crippen molar-refractivity contribution in [2.75, 3.05) is 12.4 Å². The van der Waals surface area contributed by atoms with Crippen LogP contribution in [0.1, 0.15) is 18.4 Å². The van der Waals surface area contributed by atoms with Gasteiger partial charge in [0.2, 0.25) is 0 Å². The summed E-state index contributed by atoms with van der Waals surface area (Å²) in [5.74, 6) is 0.470. The van der Waals surface area contributed by atoms with Crippen molar-refractivity contribution in [3.63, 3.8) is 0 Å². The van der Waals surface area contributed by atoms with Crippen LogP contribution in [0.25, 0.3) is 0 Å². The van der Waals surface area contributed by atoms with Gasteiger partial charge in [0.1, 0.15) is 5.82 Å². The lowest BCUT2D eigenvalue weighted by Gasteiger charge is -2.34. The van der Waals surface area contributed by atoms with Crippen molar-refractivity contribution in [2.24, 2.45) is 0 Å². The molecule has 94 valence electrons. The van der Waals surface area contributed by atoms with Gasteiger partial charge in [-0.1, -0.05) is 0 Å². The summed E-state index contributed by atoms with van der Waals surface area (Å²) in [6.07, 6.45) is -1.52. The largest absolute Gasteiger partial charge is 0.417 e. The van der Waals surface area contributed by atoms with Gasteiger partial charge in [0.05, 0.1) is 11.7 Å². The first-order valence-electron chi connectivity index (χ1n) is 5.31. The maximum Gasteiger partial charge on any atom is 0.417 e. The Morgan fingerprint density at radius 3 is 2.53 bits per heavy atom. The molecule has 1 aromatic rings. The minimum absolute atomic E-state index is 0.240. The lowest BCUT2D eigenvalue weighted by atomic mass is 9.89. The molecule has 1 saturated carbocycles. The van der Waals surface area contributed by atoms with Gasteiger partial charge >= 0.3 is 6.18 Å². The van der Waals surface area contributed by atoms with Crippen LogP contribution in [-0.2, 0) is 10.9 Å². The summed E-state index contributed by atoms with van der Waals surface area (Å²) in [4.78, 5) is 3.75. The minimum Gasteiger partial charge on any atom is -0.381 e. The first kappa shape index (κ1) is 12.2. The van der Waals surface area contributed by atoms with Crippen molar-refractivity contribution in [3.8, 4) is 0 Å². The molecule has 0 unspecified atom stereocenters. The van der Waals surface area contributed by atoms with Crippen molar-refractivity contribution in [1.82, 2.24) is 4.98 Å². The zero-order valence-corrected chi connectivity index (χ0v) is 9.29. The first-order valence-corrected chi connectivity index (χ1v) is 5.31. The van der Waals surface area contributed by atoms with Gasteiger partial charge in [0.15, 0.2) is 0 Å². The molecule has 3 nitrogen and oxygen atoms in total. The van der Waals surface area contributed by atoms with E-state index in [0.717, 1.165) is 25.1 Å². The second-order valence-corrected chi connectivity index (χ2v) is 4.10. The number of pyridine rings is 1. The normalized spacial score (nSPS) is 24.2. The highest BCUT2D eigenvalue weighted by Crippen LogP contribution is 2.30. The van der Waals surface area contributed by atoms with Crippen molar-refractivity contribution < 1.29 is 17.9 Å². The molecule has 0 amide bonds. The van der Waals surface area contributed by atoms with Crippen molar-refractivity contribution >= 4 is 5.82 Å². The van der Waals surface area contributed by atoms with Gasteiger partial charge in [0, 0.05) is 19.3 Å². The van der Waals surface area contributed by atoms with Gasteiger partial charge in [-0.3, -0.25) is 0 Å². The van der Waals surface area contributed by atoms with Crippen LogP contribution in [0.15, 0.2) is 18.3 Å². The first-order chi connectivity index (χ1) is 7.99. The number of hydrogen-bond acceptors (Lipinski definition) is 3. The summed E-state index contributed by atoms with van der Waals surface area (Å²) in [5, 5.41) is 3.06. The van der Waals surface area contributed by atoms with Crippen LogP contribution in [0, 0.1) is 0 Å². The van der Waals surface area contributed by atoms with Crippen molar-refractivity contribution in [3.05, 3.63) is 23.9 Å². The Morgan fingerprint density at radius 2 is 2.06 bits per heavy atom. The molecule has 0 aliphatic heterocycles. The standard InChI is InChI=1S/C11H13F3N2O/c1-17-9-4-8(5-9)16-10-3-2-7(6-15-10)11(12,13)14/h2-3,6,8-9H,4-5H2,1H3,(H,15,16). The molecule has 1 aliphatic rings. The topological polar surface area (TPSA) is 34.1 Å². The molecule has 1 fully saturated rings. The molecular weight excluding hydrogens is 233 g/mol. The maximum atomic E-state index is 12.3. The van der Waals surface area contributed by atoms with Crippen LogP contribution in [-0.4, -0.2) is 24.2 Å². The zero-order chi connectivity index (χ0) is 12.5. The van der Waals surface area contributed by atoms with E-state index in [4.69, 9.17) is 4.74 Å². The molecule has 1 aliphatic carbocycles. The Balaban J connectivity index is 1.91. The van der Waals surface area contributed by atoms with E-state index >= 15 is 0 Å². The van der Waals surface area contributed by atoms with Crippen molar-refractivity contribution in [2.45, 2.75) is 31.2 Å². The molecule has 0 radical (unpaired) electrons. The highest BCUT2D eigenvalue weighted by atomic mass is 19.4. The molecule has 0 bridgehead atoms. The van der Waals surface area contributed by atoms with Gasteiger partial charge in [-0.05, 0) is 25.0 Å². The van der Waals surface area contributed by atoms with Crippen LogP contribution in [0.5, 0.6) is 0 Å². The van der Waals surface area contributed by atoms with Gasteiger partial charge < -0.3 is 10.1 Å². The number of nitrogens with one attached hydrogen (secondary N) is 1. The molecule has 2 rings (SSSR count). The van der Waals surface area contributed by atoms with E-state index < -0.39 is 11.7 Å². The number of methoxy groups -OCH3 is 1. The number of rotatable bonds is 3. The fraction of sp³-hybridized carbons (Fsp3) is 0.545. The van der Waals surface area contributed by atoms with E-state index in [1.807, 2.05) is 0 Å². The Hall–Kier alpha value is -1.30. The average Bonchev–Trinajstić information content (AvgIpc) is 2.22. The number of halogens is 3. The summed E-state index contributed by atoms with van der Waals surface area (Å²) >= 11 is 0. The van der Waals surface area contributed by atoms with Gasteiger partial charge in [-0.15, -0.1) is 0 Å². The predicted molar refractivity (Wildman–Crippen MR) is 56.7 cm³/mol. The highest BCUT2D eigenvalue weighted by molar-refractivity contribution is 5.38. The molecule has 0 spiro atoms. The monoisotopic (exact) mass is 246 g/mol. The second-order valence-electron chi connectivity index (χ2n) is 4.10. The van der Waals surface area contributed by atoms with E-state index in [9.17, 15) is 13.2 Å². The van der Waals surface area contributed by atoms with E-state index in [2.05, 4.69) is 10.3 Å². The molecule has 0 aromatic carbocycles. The number of nitrogens with zero attached hydrogens (tertiary/aromatic N) is 1. The minimum atomic E-state index is -4.33. The number of aromatic nitrogens is 1. The Morgan fingerprint density at radius 1 is 1.35 bits per heavy atom. The van der Waals surface area contributed by atoms with E-state index in [-0.39, 0.29) is 12.1 Å². The zero-order valence-electron chi connectivity index (χ0n) is 9.29. The molecule has 1 aromatic heterocycles. The smallest absolute Gasteiger partial charge is 0.381 e. The molecule has 1 heterocycles. The fourth-order valence-electron chi connectivity index (χ4n) is 1.73. The van der Waals surface area contributed by atoms with Crippen LogP contribution in [0.3, 0.4) is 0 Å². The number of ether oxygens (including phenoxy) is 1. The van der Waals surface area contributed by atoms with Crippen LogP contribution in [0.4, 0.5) is 19.0 Å². The quantitative estimate of drug-likeness (QED) is 0.890. The molecule has 17 heavy (non-hydrogen) atoms. The van der Waals surface area contributed by atoms with Gasteiger partial charge in [0.25, 0.3) is 0 Å². The third kappa shape index (κ3) is 2.88. The van der Waals surface area contributed by atoms with Crippen LogP contribution in [0.2, 0.25) is 0 Å². The maximum absolute atomic E-state index is 12.3. The predicted octanol–water partition coefficient (Wildman–Crippen LogP) is 2.69. The highest BCUT2D eigenvalue weighted by Gasteiger charge is 2.31. The second kappa shape index (κ2) is 4.52. The van der Waals surface area contributed by atoms with Crippen LogP contribution >= 0.6 is 0 Å². The Bertz CT molecular complexity index is 371. The summed E-state index contributed by atoms with van der Waals surface area (Å²) in [7, 11) is 1.65. The number of anilines is 1. The summed E-state index contributed by atoms with van der Waals surface area (Å²) in [5.41, 5.74) is -0.730. The van der Waals surface area contributed by atoms with Gasteiger partial charge in [-0.2, -0.15) is 13.2 Å². The number of alkyl halides is 3. The summed E-state index contributed by atoms with van der Waals surface area (Å²) < 4.78 is 41.9. The number of hydrogen-bond donors (Lipinski definition) is 1. The molecule has 0 atom stereocenters. The van der Waals surface area contributed by atoms with Gasteiger partial charge in [-0.25, -0.2) is 4.98 Å². The fourth-order valence-corrected chi connectivity index (χ4v) is 1.73. The molecule has 1 N–H and O–H groups in total. The summed E-state index contributed by atoms with van der Waals surface area (Å²) in [6.45, 7) is 0. The summed E-state index contributed by atoms with van der Waals surface area (Å²) in [6, 6.07) is 2.62. The van der Waals surface area contributed by atoms with E-state index in [0.29, 0.717) is 5.82 Å².